The maximum atomic E-state index is 12.5. The summed E-state index contributed by atoms with van der Waals surface area (Å²) in [6.07, 6.45) is 0. The monoisotopic (exact) mass is 283 g/mol. The Labute approximate surface area is 126 Å². The number of amides is 1. The van der Waals surface area contributed by atoms with Gasteiger partial charge >= 0.3 is 0 Å². The van der Waals surface area contributed by atoms with E-state index < -0.39 is 0 Å². The Kier molecular flexibility index (Phi) is 4.99. The summed E-state index contributed by atoms with van der Waals surface area (Å²) >= 11 is 0. The zero-order chi connectivity index (χ0) is 15.2. The first-order valence-corrected chi connectivity index (χ1v) is 7.14. The molecule has 0 aliphatic carbocycles. The first kappa shape index (κ1) is 15.1. The fraction of sp³-hybridized carbons (Fsp3) is 0.278. The molecule has 2 aromatic carbocycles. The van der Waals surface area contributed by atoms with E-state index in [2.05, 4.69) is 0 Å². The van der Waals surface area contributed by atoms with Crippen LogP contribution in [-0.4, -0.2) is 24.5 Å². The van der Waals surface area contributed by atoms with Gasteiger partial charge in [-0.2, -0.15) is 0 Å². The minimum Gasteiger partial charge on any atom is -0.494 e. The van der Waals surface area contributed by atoms with E-state index in [9.17, 15) is 4.79 Å². The fourth-order valence-corrected chi connectivity index (χ4v) is 2.25. The second kappa shape index (κ2) is 6.93. The summed E-state index contributed by atoms with van der Waals surface area (Å²) in [7, 11) is 1.82. The molecule has 21 heavy (non-hydrogen) atoms. The molecule has 0 N–H and O–H groups in total. The number of hydrogen-bond acceptors (Lipinski definition) is 2. The topological polar surface area (TPSA) is 29.5 Å². The highest BCUT2D eigenvalue weighted by Crippen LogP contribution is 2.20. The predicted molar refractivity (Wildman–Crippen MR) is 84.6 cm³/mol. The number of ether oxygens (including phenoxy) is 1. The van der Waals surface area contributed by atoms with Gasteiger partial charge in [0.05, 0.1) is 6.61 Å². The molecule has 0 fully saturated rings. The molecule has 3 nitrogen and oxygen atoms in total. The Morgan fingerprint density at radius 3 is 2.48 bits per heavy atom. The Bertz CT molecular complexity index is 608. The average molecular weight is 283 g/mol. The van der Waals surface area contributed by atoms with Gasteiger partial charge in [0.2, 0.25) is 0 Å². The molecule has 110 valence electrons. The molecule has 0 bridgehead atoms. The van der Waals surface area contributed by atoms with Crippen molar-refractivity contribution in [1.29, 1.82) is 0 Å². The van der Waals surface area contributed by atoms with Gasteiger partial charge in [-0.1, -0.05) is 30.3 Å². The summed E-state index contributed by atoms with van der Waals surface area (Å²) in [4.78, 5) is 14.2. The summed E-state index contributed by atoms with van der Waals surface area (Å²) in [5.74, 6) is 0.852. The minimum atomic E-state index is 0.0185. The van der Waals surface area contributed by atoms with Gasteiger partial charge in [-0.05, 0) is 43.2 Å². The molecule has 0 unspecified atom stereocenters. The Morgan fingerprint density at radius 2 is 1.86 bits per heavy atom. The molecule has 0 aliphatic heterocycles. The van der Waals surface area contributed by atoms with Crippen molar-refractivity contribution < 1.29 is 9.53 Å². The highest BCUT2D eigenvalue weighted by molar-refractivity contribution is 5.94. The van der Waals surface area contributed by atoms with Crippen molar-refractivity contribution in [3.63, 3.8) is 0 Å². The number of carbonyl (C=O) groups excluding carboxylic acids is 1. The SMILES string of the molecule is CCOc1ccc(C(=O)N(C)Cc2ccccc2)cc1C. The van der Waals surface area contributed by atoms with Crippen LogP contribution in [0.25, 0.3) is 0 Å². The largest absolute Gasteiger partial charge is 0.494 e. The summed E-state index contributed by atoms with van der Waals surface area (Å²) in [6, 6.07) is 15.5. The van der Waals surface area contributed by atoms with Gasteiger partial charge in [-0.15, -0.1) is 0 Å². The van der Waals surface area contributed by atoms with Gasteiger partial charge in [-0.25, -0.2) is 0 Å². The van der Waals surface area contributed by atoms with E-state index >= 15 is 0 Å². The highest BCUT2D eigenvalue weighted by Gasteiger charge is 2.13. The van der Waals surface area contributed by atoms with Crippen molar-refractivity contribution in [1.82, 2.24) is 4.90 Å². The highest BCUT2D eigenvalue weighted by atomic mass is 16.5. The third-order valence-electron chi connectivity index (χ3n) is 3.33. The Morgan fingerprint density at radius 1 is 1.14 bits per heavy atom. The van der Waals surface area contributed by atoms with Crippen molar-refractivity contribution in [3.05, 3.63) is 65.2 Å². The molecule has 3 heteroatoms. The van der Waals surface area contributed by atoms with Crippen LogP contribution < -0.4 is 4.74 Å². The number of rotatable bonds is 5. The molecule has 0 spiro atoms. The van der Waals surface area contributed by atoms with E-state index in [0.29, 0.717) is 18.7 Å². The maximum Gasteiger partial charge on any atom is 0.253 e. The van der Waals surface area contributed by atoms with Crippen LogP contribution in [0.2, 0.25) is 0 Å². The van der Waals surface area contributed by atoms with Gasteiger partial charge < -0.3 is 9.64 Å². The number of hydrogen-bond donors (Lipinski definition) is 0. The number of benzene rings is 2. The van der Waals surface area contributed by atoms with E-state index in [1.165, 1.54) is 0 Å². The molecule has 0 saturated carbocycles. The van der Waals surface area contributed by atoms with Crippen molar-refractivity contribution in [2.45, 2.75) is 20.4 Å². The van der Waals surface area contributed by atoms with E-state index in [4.69, 9.17) is 4.74 Å². The first-order valence-electron chi connectivity index (χ1n) is 7.14. The lowest BCUT2D eigenvalue weighted by atomic mass is 10.1. The minimum absolute atomic E-state index is 0.0185. The average Bonchev–Trinajstić information content (AvgIpc) is 2.49. The van der Waals surface area contributed by atoms with Crippen LogP contribution in [0, 0.1) is 6.92 Å². The second-order valence-electron chi connectivity index (χ2n) is 5.06. The van der Waals surface area contributed by atoms with E-state index in [-0.39, 0.29) is 5.91 Å². The van der Waals surface area contributed by atoms with Crippen LogP contribution in [-0.2, 0) is 6.54 Å². The quantitative estimate of drug-likeness (QED) is 0.838. The second-order valence-corrected chi connectivity index (χ2v) is 5.06. The normalized spacial score (nSPS) is 10.2. The number of nitrogens with zero attached hydrogens (tertiary/aromatic N) is 1. The van der Waals surface area contributed by atoms with Gasteiger partial charge in [0, 0.05) is 19.2 Å². The summed E-state index contributed by atoms with van der Waals surface area (Å²) in [5.41, 5.74) is 2.79. The molecule has 2 rings (SSSR count). The third kappa shape index (κ3) is 3.85. The molecule has 0 radical (unpaired) electrons. The molecule has 0 saturated heterocycles. The lowest BCUT2D eigenvalue weighted by Crippen LogP contribution is -2.26. The van der Waals surface area contributed by atoms with Crippen molar-refractivity contribution >= 4 is 5.91 Å². The molecule has 0 heterocycles. The number of aryl methyl sites for hydroxylation is 1. The van der Waals surface area contributed by atoms with Crippen molar-refractivity contribution in [3.8, 4) is 5.75 Å². The smallest absolute Gasteiger partial charge is 0.253 e. The molecular weight excluding hydrogens is 262 g/mol. The van der Waals surface area contributed by atoms with E-state index in [0.717, 1.165) is 16.9 Å². The van der Waals surface area contributed by atoms with E-state index in [1.54, 1.807) is 4.90 Å². The van der Waals surface area contributed by atoms with Crippen LogP contribution in [0.4, 0.5) is 0 Å². The van der Waals surface area contributed by atoms with Crippen LogP contribution in [0.15, 0.2) is 48.5 Å². The number of carbonyl (C=O) groups is 1. The summed E-state index contributed by atoms with van der Waals surface area (Å²) < 4.78 is 5.50. The predicted octanol–water partition coefficient (Wildman–Crippen LogP) is 3.67. The fourth-order valence-electron chi connectivity index (χ4n) is 2.25. The zero-order valence-corrected chi connectivity index (χ0v) is 12.8. The van der Waals surface area contributed by atoms with Crippen LogP contribution >= 0.6 is 0 Å². The molecular formula is C18H21NO2. The Balaban J connectivity index is 2.10. The lowest BCUT2D eigenvalue weighted by molar-refractivity contribution is 0.0785. The molecule has 0 aromatic heterocycles. The lowest BCUT2D eigenvalue weighted by Gasteiger charge is -2.18. The summed E-state index contributed by atoms with van der Waals surface area (Å²) in [5, 5.41) is 0. The van der Waals surface area contributed by atoms with Gasteiger partial charge in [-0.3, -0.25) is 4.79 Å². The van der Waals surface area contributed by atoms with Crippen molar-refractivity contribution in [2.75, 3.05) is 13.7 Å². The van der Waals surface area contributed by atoms with Gasteiger partial charge in [0.1, 0.15) is 5.75 Å². The Hall–Kier alpha value is -2.29. The van der Waals surface area contributed by atoms with Gasteiger partial charge in [0.15, 0.2) is 0 Å². The zero-order valence-electron chi connectivity index (χ0n) is 12.8. The standard InChI is InChI=1S/C18H21NO2/c1-4-21-17-11-10-16(12-14(17)2)18(20)19(3)13-15-8-6-5-7-9-15/h5-12H,4,13H2,1-3H3. The molecule has 0 aliphatic rings. The summed E-state index contributed by atoms with van der Waals surface area (Å²) in [6.45, 7) is 5.14. The van der Waals surface area contributed by atoms with Crippen molar-refractivity contribution in [2.24, 2.45) is 0 Å². The van der Waals surface area contributed by atoms with Gasteiger partial charge in [0.25, 0.3) is 5.91 Å². The van der Waals surface area contributed by atoms with E-state index in [1.807, 2.05) is 69.4 Å². The maximum absolute atomic E-state index is 12.5. The van der Waals surface area contributed by atoms with Crippen LogP contribution in [0.1, 0.15) is 28.4 Å². The molecule has 2 aromatic rings. The third-order valence-corrected chi connectivity index (χ3v) is 3.33. The molecule has 1 amide bonds. The molecule has 0 atom stereocenters. The van der Waals surface area contributed by atoms with Crippen LogP contribution in [0.3, 0.4) is 0 Å². The first-order chi connectivity index (χ1) is 10.1. The van der Waals surface area contributed by atoms with Crippen LogP contribution in [0.5, 0.6) is 5.75 Å².